The Morgan fingerprint density at radius 1 is 1.27 bits per heavy atom. The van der Waals surface area contributed by atoms with E-state index in [9.17, 15) is 19.7 Å². The van der Waals surface area contributed by atoms with E-state index in [1.807, 2.05) is 6.92 Å². The second-order valence-corrected chi connectivity index (χ2v) is 5.37. The van der Waals surface area contributed by atoms with Gasteiger partial charge >= 0.3 is 5.97 Å². The maximum atomic E-state index is 12.6. The van der Waals surface area contributed by atoms with E-state index in [1.165, 1.54) is 18.0 Å². The van der Waals surface area contributed by atoms with Crippen molar-refractivity contribution in [1.82, 2.24) is 15.0 Å². The molecule has 1 aromatic heterocycles. The number of nitro groups is 1. The van der Waals surface area contributed by atoms with Gasteiger partial charge in [-0.3, -0.25) is 14.9 Å². The predicted molar refractivity (Wildman–Crippen MR) is 88.5 cm³/mol. The average molecular weight is 362 g/mol. The summed E-state index contributed by atoms with van der Waals surface area (Å²) in [5, 5.41) is 14.8. The smallest absolute Gasteiger partial charge is 0.338 e. The number of carbonyl (C=O) groups is 2. The van der Waals surface area contributed by atoms with Crippen molar-refractivity contribution in [2.45, 2.75) is 26.8 Å². The van der Waals surface area contributed by atoms with Crippen molar-refractivity contribution in [3.05, 3.63) is 51.2 Å². The quantitative estimate of drug-likeness (QED) is 0.415. The second-order valence-electron chi connectivity index (χ2n) is 5.37. The fourth-order valence-electron chi connectivity index (χ4n) is 2.17. The molecule has 0 radical (unpaired) electrons. The number of non-ortho nitro benzene ring substituents is 1. The van der Waals surface area contributed by atoms with Gasteiger partial charge in [-0.05, 0) is 13.0 Å². The molecule has 0 aliphatic heterocycles. The zero-order chi connectivity index (χ0) is 19.3. The monoisotopic (exact) mass is 362 g/mol. The first-order chi connectivity index (χ1) is 12.3. The molecule has 1 amide bonds. The number of hydrogen-bond donors (Lipinski definition) is 0. The summed E-state index contributed by atoms with van der Waals surface area (Å²) in [6.07, 6.45) is 0.592. The average Bonchev–Trinajstić information content (AvgIpc) is 3.08. The normalized spacial score (nSPS) is 10.4. The number of benzene rings is 1. The van der Waals surface area contributed by atoms with E-state index < -0.39 is 16.8 Å². The molecule has 0 aliphatic rings. The Kier molecular flexibility index (Phi) is 5.99. The molecular weight excluding hydrogens is 344 g/mol. The third kappa shape index (κ3) is 4.41. The number of aryl methyl sites for hydroxylation is 1. The third-order valence-electron chi connectivity index (χ3n) is 3.43. The summed E-state index contributed by atoms with van der Waals surface area (Å²) >= 11 is 0. The summed E-state index contributed by atoms with van der Waals surface area (Å²) in [7, 11) is 1.49. The van der Waals surface area contributed by atoms with Crippen LogP contribution in [0.4, 0.5) is 5.69 Å². The van der Waals surface area contributed by atoms with Crippen molar-refractivity contribution in [1.29, 1.82) is 0 Å². The minimum Gasteiger partial charge on any atom is -0.462 e. The van der Waals surface area contributed by atoms with Crippen molar-refractivity contribution in [3.63, 3.8) is 0 Å². The summed E-state index contributed by atoms with van der Waals surface area (Å²) in [6, 6.07) is 3.43. The zero-order valence-corrected chi connectivity index (χ0v) is 14.6. The third-order valence-corrected chi connectivity index (χ3v) is 3.43. The van der Waals surface area contributed by atoms with Crippen LogP contribution in [-0.4, -0.2) is 45.5 Å². The molecule has 0 bridgehead atoms. The second kappa shape index (κ2) is 8.19. The molecule has 1 aromatic carbocycles. The lowest BCUT2D eigenvalue weighted by Crippen LogP contribution is -2.26. The SMILES string of the molecule is CCOC(=O)c1cc(C(=O)N(C)Cc2nc(CC)no2)cc([N+](=O)[O-])c1. The lowest BCUT2D eigenvalue weighted by Gasteiger charge is -2.15. The maximum Gasteiger partial charge on any atom is 0.338 e. The summed E-state index contributed by atoms with van der Waals surface area (Å²) < 4.78 is 9.88. The standard InChI is InChI=1S/C16H18N4O6/c1-4-13-17-14(26-18-13)9-19(3)15(21)10-6-11(16(22)25-5-2)8-12(7-10)20(23)24/h6-8H,4-5,9H2,1-3H3. The van der Waals surface area contributed by atoms with Crippen LogP contribution in [0.5, 0.6) is 0 Å². The minimum atomic E-state index is -0.739. The number of rotatable bonds is 7. The van der Waals surface area contributed by atoms with Crippen molar-refractivity contribution in [2.75, 3.05) is 13.7 Å². The van der Waals surface area contributed by atoms with Gasteiger partial charge in [-0.2, -0.15) is 4.98 Å². The molecule has 0 saturated carbocycles. The molecule has 26 heavy (non-hydrogen) atoms. The molecule has 0 fully saturated rings. The summed E-state index contributed by atoms with van der Waals surface area (Å²) in [6.45, 7) is 3.62. The van der Waals surface area contributed by atoms with Crippen LogP contribution < -0.4 is 0 Å². The van der Waals surface area contributed by atoms with Crippen molar-refractivity contribution >= 4 is 17.6 Å². The van der Waals surface area contributed by atoms with E-state index in [4.69, 9.17) is 9.26 Å². The highest BCUT2D eigenvalue weighted by Crippen LogP contribution is 2.20. The first-order valence-corrected chi connectivity index (χ1v) is 7.89. The molecule has 0 unspecified atom stereocenters. The van der Waals surface area contributed by atoms with Gasteiger partial charge in [0, 0.05) is 31.2 Å². The van der Waals surface area contributed by atoms with Crippen LogP contribution in [-0.2, 0) is 17.7 Å². The van der Waals surface area contributed by atoms with Crippen LogP contribution >= 0.6 is 0 Å². The Balaban J connectivity index is 2.28. The largest absolute Gasteiger partial charge is 0.462 e. The van der Waals surface area contributed by atoms with Gasteiger partial charge in [0.2, 0.25) is 5.89 Å². The number of aromatic nitrogens is 2. The Bertz CT molecular complexity index is 832. The lowest BCUT2D eigenvalue weighted by molar-refractivity contribution is -0.384. The number of ether oxygens (including phenoxy) is 1. The molecule has 138 valence electrons. The van der Waals surface area contributed by atoms with Crippen molar-refractivity contribution < 1.29 is 23.8 Å². The molecule has 0 spiro atoms. The molecule has 0 N–H and O–H groups in total. The van der Waals surface area contributed by atoms with E-state index in [-0.39, 0.29) is 35.9 Å². The zero-order valence-electron chi connectivity index (χ0n) is 14.6. The van der Waals surface area contributed by atoms with Crippen LogP contribution in [0.1, 0.15) is 46.3 Å². The number of carbonyl (C=O) groups excluding carboxylic acids is 2. The lowest BCUT2D eigenvalue weighted by atomic mass is 10.1. The van der Waals surface area contributed by atoms with Crippen molar-refractivity contribution in [2.24, 2.45) is 0 Å². The van der Waals surface area contributed by atoms with Crippen molar-refractivity contribution in [3.8, 4) is 0 Å². The fraction of sp³-hybridized carbons (Fsp3) is 0.375. The summed E-state index contributed by atoms with van der Waals surface area (Å²) in [5.74, 6) is -0.512. The summed E-state index contributed by atoms with van der Waals surface area (Å²) in [5.41, 5.74) is -0.456. The molecular formula is C16H18N4O6. The fourth-order valence-corrected chi connectivity index (χ4v) is 2.17. The molecule has 10 nitrogen and oxygen atoms in total. The van der Waals surface area contributed by atoms with Gasteiger partial charge in [0.15, 0.2) is 5.82 Å². The maximum absolute atomic E-state index is 12.6. The molecule has 0 aliphatic carbocycles. The van der Waals surface area contributed by atoms with E-state index in [0.29, 0.717) is 12.2 Å². The highest BCUT2D eigenvalue weighted by molar-refractivity contribution is 5.98. The first-order valence-electron chi connectivity index (χ1n) is 7.89. The van der Waals surface area contributed by atoms with E-state index >= 15 is 0 Å². The molecule has 0 saturated heterocycles. The highest BCUT2D eigenvalue weighted by Gasteiger charge is 2.21. The summed E-state index contributed by atoms with van der Waals surface area (Å²) in [4.78, 5) is 40.3. The van der Waals surface area contributed by atoms with Gasteiger partial charge in [-0.25, -0.2) is 4.79 Å². The Morgan fingerprint density at radius 2 is 1.96 bits per heavy atom. The van der Waals surface area contributed by atoms with Crippen LogP contribution in [0.25, 0.3) is 0 Å². The number of amides is 1. The predicted octanol–water partition coefficient (Wildman–Crippen LogP) is 1.99. The highest BCUT2D eigenvalue weighted by atomic mass is 16.6. The molecule has 1 heterocycles. The van der Waals surface area contributed by atoms with Crippen LogP contribution in [0.2, 0.25) is 0 Å². The van der Waals surface area contributed by atoms with Crippen LogP contribution in [0.15, 0.2) is 22.7 Å². The number of hydrogen-bond acceptors (Lipinski definition) is 8. The molecule has 10 heteroatoms. The molecule has 2 aromatic rings. The van der Waals surface area contributed by atoms with Gasteiger partial charge in [0.1, 0.15) is 0 Å². The topological polar surface area (TPSA) is 129 Å². The van der Waals surface area contributed by atoms with E-state index in [0.717, 1.165) is 12.1 Å². The van der Waals surface area contributed by atoms with Gasteiger partial charge in [0.05, 0.1) is 23.6 Å². The number of nitro benzene ring substituents is 1. The number of esters is 1. The van der Waals surface area contributed by atoms with Gasteiger partial charge < -0.3 is 14.2 Å². The van der Waals surface area contributed by atoms with E-state index in [1.54, 1.807) is 6.92 Å². The Hall–Kier alpha value is -3.30. The Labute approximate surface area is 148 Å². The Morgan fingerprint density at radius 3 is 2.54 bits per heavy atom. The minimum absolute atomic E-state index is 0.0139. The van der Waals surface area contributed by atoms with Gasteiger partial charge in [0.25, 0.3) is 11.6 Å². The number of nitrogens with zero attached hydrogens (tertiary/aromatic N) is 4. The first kappa shape index (κ1) is 19.0. The van der Waals surface area contributed by atoms with Gasteiger partial charge in [-0.1, -0.05) is 12.1 Å². The van der Waals surface area contributed by atoms with Crippen LogP contribution in [0.3, 0.4) is 0 Å². The molecule has 0 atom stereocenters. The van der Waals surface area contributed by atoms with E-state index in [2.05, 4.69) is 10.1 Å². The molecule has 2 rings (SSSR count). The van der Waals surface area contributed by atoms with Gasteiger partial charge in [-0.15, -0.1) is 0 Å². The van der Waals surface area contributed by atoms with Crippen LogP contribution in [0, 0.1) is 10.1 Å².